The van der Waals surface area contributed by atoms with Crippen LogP contribution in [0.4, 0.5) is 0 Å². The third-order valence-electron chi connectivity index (χ3n) is 3.95. The summed E-state index contributed by atoms with van der Waals surface area (Å²) in [5.41, 5.74) is -7.92. The molecule has 0 aromatic carbocycles. The molecule has 126 valence electrons. The molecule has 0 bridgehead atoms. The Morgan fingerprint density at radius 1 is 0.552 bits per heavy atom. The number of carboxylic acids is 6. The maximum Gasteiger partial charge on any atom is 1.00 e. The molecule has 0 heterocycles. The molecule has 0 amide bonds. The van der Waals surface area contributed by atoms with Crippen LogP contribution in [0.3, 0.4) is 0 Å². The molecule has 1 rings (SSSR count). The molecule has 29 heavy (non-hydrogen) atoms. The minimum atomic E-state index is -4.09. The fraction of sp³-hybridized carbons (Fsp3) is 0.455. The van der Waals surface area contributed by atoms with Crippen molar-refractivity contribution in [3.8, 4) is 0 Å². The minimum Gasteiger partial charge on any atom is -0.550 e. The molecule has 0 spiro atoms. The molecule has 0 aliphatic heterocycles. The van der Waals surface area contributed by atoms with Gasteiger partial charge in [0.05, 0.1) is 34.7 Å². The Labute approximate surface area is 419 Å². The van der Waals surface area contributed by atoms with Gasteiger partial charge >= 0.3 is 308 Å². The van der Waals surface area contributed by atoms with Gasteiger partial charge in [0.1, 0.15) is 0 Å². The first kappa shape index (κ1) is 48.7. The van der Waals surface area contributed by atoms with Gasteiger partial charge in [-0.25, -0.2) is 0 Å². The van der Waals surface area contributed by atoms with Crippen LogP contribution in [-0.4, -0.2) is 35.8 Å². The van der Waals surface area contributed by atoms with Gasteiger partial charge in [-0.15, -0.1) is 0 Å². The third kappa shape index (κ3) is 9.71. The van der Waals surface area contributed by atoms with Gasteiger partial charge in [0.2, 0.25) is 0 Å². The predicted molar refractivity (Wildman–Crippen MR) is 46.5 cm³/mol. The van der Waals surface area contributed by atoms with Crippen LogP contribution < -0.4 is 339 Å². The number of carboxylic acid groups (broad SMARTS) is 6. The van der Waals surface area contributed by atoms with E-state index in [-0.39, 0.29) is 308 Å². The van der Waals surface area contributed by atoms with Crippen LogP contribution in [0.1, 0.15) is 6.42 Å². The van der Waals surface area contributed by atoms with Gasteiger partial charge in [0.15, 0.2) is 0 Å². The molecule has 1 aliphatic carbocycles. The number of hydrogen-bond donors (Lipinski definition) is 0. The van der Waals surface area contributed by atoms with E-state index in [9.17, 15) is 59.4 Å². The zero-order chi connectivity index (χ0) is 18.3. The molecule has 0 N–H and O–H groups in total. The Morgan fingerprint density at radius 2 is 0.862 bits per heavy atom. The quantitative estimate of drug-likeness (QED) is 0.216. The number of carbonyl (C=O) groups excluding carboxylic acids is 6. The first-order chi connectivity index (χ1) is 10.4. The van der Waals surface area contributed by atoms with Gasteiger partial charge in [0, 0.05) is 23.8 Å². The van der Waals surface area contributed by atoms with Crippen LogP contribution in [0.25, 0.3) is 0 Å². The summed E-state index contributed by atoms with van der Waals surface area (Å²) in [6.07, 6.45) is -1.82. The number of rotatable bonds is 6. The van der Waals surface area contributed by atoms with Gasteiger partial charge in [-0.3, -0.25) is 0 Å². The average Bonchev–Trinajstić information content (AvgIpc) is 2.72. The van der Waals surface area contributed by atoms with Crippen molar-refractivity contribution in [2.24, 2.45) is 22.7 Å². The van der Waals surface area contributed by atoms with E-state index in [0.29, 0.717) is 0 Å². The van der Waals surface area contributed by atoms with Crippen LogP contribution in [0.15, 0.2) is 0 Å². The molecule has 0 aromatic heterocycles. The van der Waals surface area contributed by atoms with Crippen molar-refractivity contribution >= 4 is 35.8 Å². The number of aliphatic carboxylic acids is 6. The van der Waals surface area contributed by atoms with Gasteiger partial charge in [-0.1, -0.05) is 0 Å². The predicted octanol–water partition coefficient (Wildman–Crippen LogP) is -27.9. The Bertz CT molecular complexity index is 624. The molecule has 12 nitrogen and oxygen atoms in total. The summed E-state index contributed by atoms with van der Waals surface area (Å²) in [7, 11) is 0. The fourth-order valence-electron chi connectivity index (χ4n) is 2.94. The largest absolute Gasteiger partial charge is 1.00 e. The summed E-state index contributed by atoms with van der Waals surface area (Å²) in [4.78, 5) is 66.7. The summed E-state index contributed by atoms with van der Waals surface area (Å²) in [5, 5.41) is 66.7. The van der Waals surface area contributed by atoms with Crippen LogP contribution in [-0.2, 0) is 28.8 Å². The molecular weight excluding hydrogens is 559 g/mol. The summed E-state index contributed by atoms with van der Waals surface area (Å²) in [6, 6.07) is 0. The monoisotopic (exact) mass is 562 g/mol. The van der Waals surface area contributed by atoms with Gasteiger partial charge in [0.25, 0.3) is 0 Å². The molecule has 18 heteroatoms. The zero-order valence-corrected chi connectivity index (χ0v) is 35.5. The fourth-order valence-corrected chi connectivity index (χ4v) is 2.94. The minimum absolute atomic E-state index is 0. The van der Waals surface area contributed by atoms with Crippen LogP contribution in [0.5, 0.6) is 0 Å². The molecule has 1 saturated carbocycles. The van der Waals surface area contributed by atoms with Crippen molar-refractivity contribution in [2.45, 2.75) is 6.42 Å². The van der Waals surface area contributed by atoms with Crippen molar-refractivity contribution in [1.29, 1.82) is 0 Å². The summed E-state index contributed by atoms with van der Waals surface area (Å²) in [5.74, 6) is -23.1. The Balaban J connectivity index is -0.000000220. The maximum absolute atomic E-state index is 11.2. The van der Waals surface area contributed by atoms with E-state index in [2.05, 4.69) is 0 Å². The molecular formula is C11H4K6O12. The first-order valence-electron chi connectivity index (χ1n) is 5.65. The SMILES string of the molecule is O=C([O-])C1CC(C(=O)[O-])(C(=O)[O-])C(C(=O)[O-])C1(C(=O)[O-])C(=O)[O-].[K+].[K+].[K+].[K+].[K+].[K+]. The third-order valence-corrected chi connectivity index (χ3v) is 3.95. The molecule has 1 fully saturated rings. The summed E-state index contributed by atoms with van der Waals surface area (Å²) in [6.45, 7) is 0. The molecule has 2 atom stereocenters. The summed E-state index contributed by atoms with van der Waals surface area (Å²) >= 11 is 0. The zero-order valence-electron chi connectivity index (χ0n) is 16.8. The summed E-state index contributed by atoms with van der Waals surface area (Å²) < 4.78 is 0. The number of hydrogen-bond acceptors (Lipinski definition) is 12. The second kappa shape index (κ2) is 20.6. The van der Waals surface area contributed by atoms with E-state index in [0.717, 1.165) is 0 Å². The molecule has 0 saturated heterocycles. The van der Waals surface area contributed by atoms with Gasteiger partial charge in [-0.05, 0) is 6.42 Å². The maximum atomic E-state index is 11.2. The Morgan fingerprint density at radius 3 is 1.03 bits per heavy atom. The molecule has 1 aliphatic rings. The second-order valence-corrected chi connectivity index (χ2v) is 4.82. The van der Waals surface area contributed by atoms with E-state index in [4.69, 9.17) is 0 Å². The normalized spacial score (nSPS) is 19.4. The van der Waals surface area contributed by atoms with Crippen molar-refractivity contribution < 1.29 is 368 Å². The van der Waals surface area contributed by atoms with Crippen LogP contribution >= 0.6 is 0 Å². The van der Waals surface area contributed by atoms with Crippen LogP contribution in [0, 0.1) is 22.7 Å². The van der Waals surface area contributed by atoms with Crippen molar-refractivity contribution in [1.82, 2.24) is 0 Å². The van der Waals surface area contributed by atoms with E-state index in [1.807, 2.05) is 0 Å². The van der Waals surface area contributed by atoms with Crippen molar-refractivity contribution in [2.75, 3.05) is 0 Å². The van der Waals surface area contributed by atoms with Crippen LogP contribution in [0.2, 0.25) is 0 Å². The van der Waals surface area contributed by atoms with Gasteiger partial charge < -0.3 is 59.4 Å². The van der Waals surface area contributed by atoms with E-state index < -0.39 is 64.9 Å². The standard InChI is InChI=1S/C11H10O12.6K/c12-4(13)2-1-10(6(16)17,7(18)19)3(5(14)15)11(2,8(20)21)9(22)23;;;;;;/h2-3H,1H2,(H,12,13)(H,14,15)(H,16,17)(H,18,19)(H,20,21)(H,22,23);;;;;;/q;6*+1/p-6. The van der Waals surface area contributed by atoms with E-state index >= 15 is 0 Å². The van der Waals surface area contributed by atoms with E-state index in [1.165, 1.54) is 0 Å². The van der Waals surface area contributed by atoms with Crippen molar-refractivity contribution in [3.05, 3.63) is 0 Å². The molecule has 0 aromatic rings. The van der Waals surface area contributed by atoms with Gasteiger partial charge in [-0.2, -0.15) is 0 Å². The van der Waals surface area contributed by atoms with E-state index in [1.54, 1.807) is 0 Å². The van der Waals surface area contributed by atoms with Crippen molar-refractivity contribution in [3.63, 3.8) is 0 Å². The molecule has 2 unspecified atom stereocenters. The number of carbonyl (C=O) groups is 6. The Kier molecular flexibility index (Phi) is 34.5. The molecule has 0 radical (unpaired) electrons. The topological polar surface area (TPSA) is 241 Å². The second-order valence-electron chi connectivity index (χ2n) is 4.82. The Hall–Kier alpha value is 6.64. The smallest absolute Gasteiger partial charge is 0.550 e. The average molecular weight is 563 g/mol. The first-order valence-corrected chi connectivity index (χ1v) is 5.65.